The van der Waals surface area contributed by atoms with Crippen LogP contribution in [0.1, 0.15) is 0 Å². The summed E-state index contributed by atoms with van der Waals surface area (Å²) < 4.78 is 0. The maximum Gasteiger partial charge on any atom is 0.253 e. The van der Waals surface area contributed by atoms with Crippen molar-refractivity contribution in [2.45, 2.75) is 0 Å². The SMILES string of the molecule is C=C/C(NC)=C(\C=C)C(=O)NC. The van der Waals surface area contributed by atoms with Crippen molar-refractivity contribution >= 4 is 5.91 Å². The monoisotopic (exact) mass is 166 g/mol. The largest absolute Gasteiger partial charge is 0.387 e. The molecular formula is C9H14N2O. The smallest absolute Gasteiger partial charge is 0.253 e. The topological polar surface area (TPSA) is 41.1 Å². The fraction of sp³-hybridized carbons (Fsp3) is 0.222. The summed E-state index contributed by atoms with van der Waals surface area (Å²) in [7, 11) is 3.30. The molecule has 2 N–H and O–H groups in total. The minimum atomic E-state index is -0.172. The Hall–Kier alpha value is -1.51. The van der Waals surface area contributed by atoms with E-state index >= 15 is 0 Å². The molecule has 1 amide bonds. The molecule has 0 unspecified atom stereocenters. The number of carbonyl (C=O) groups is 1. The van der Waals surface area contributed by atoms with Crippen LogP contribution in [-0.2, 0) is 4.79 Å². The maximum atomic E-state index is 11.2. The molecule has 3 nitrogen and oxygen atoms in total. The third-order valence-corrected chi connectivity index (χ3v) is 1.44. The van der Waals surface area contributed by atoms with Crippen molar-refractivity contribution < 1.29 is 4.79 Å². The van der Waals surface area contributed by atoms with Crippen LogP contribution in [0, 0.1) is 0 Å². The predicted octanol–water partition coefficient (Wildman–Crippen LogP) is 0.578. The van der Waals surface area contributed by atoms with Crippen molar-refractivity contribution in [2.75, 3.05) is 14.1 Å². The van der Waals surface area contributed by atoms with E-state index in [-0.39, 0.29) is 5.91 Å². The normalized spacial score (nSPS) is 11.2. The van der Waals surface area contributed by atoms with E-state index in [0.29, 0.717) is 11.3 Å². The summed E-state index contributed by atoms with van der Waals surface area (Å²) in [6, 6.07) is 0. The summed E-state index contributed by atoms with van der Waals surface area (Å²) in [4.78, 5) is 11.2. The summed E-state index contributed by atoms with van der Waals surface area (Å²) in [5, 5.41) is 5.36. The molecule has 0 radical (unpaired) electrons. The second-order valence-corrected chi connectivity index (χ2v) is 2.06. The Morgan fingerprint density at radius 3 is 2.00 bits per heavy atom. The molecule has 3 heteroatoms. The molecule has 0 atom stereocenters. The summed E-state index contributed by atoms with van der Waals surface area (Å²) in [6.45, 7) is 7.11. The quantitative estimate of drug-likeness (QED) is 0.474. The highest BCUT2D eigenvalue weighted by atomic mass is 16.1. The Bertz CT molecular complexity index is 229. The van der Waals surface area contributed by atoms with Crippen molar-refractivity contribution in [2.24, 2.45) is 0 Å². The van der Waals surface area contributed by atoms with E-state index in [4.69, 9.17) is 0 Å². The first kappa shape index (κ1) is 10.5. The van der Waals surface area contributed by atoms with Gasteiger partial charge in [-0.05, 0) is 6.08 Å². The average molecular weight is 166 g/mol. The minimum absolute atomic E-state index is 0.172. The van der Waals surface area contributed by atoms with Crippen LogP contribution in [0.15, 0.2) is 36.6 Å². The zero-order valence-corrected chi connectivity index (χ0v) is 7.48. The second kappa shape index (κ2) is 5.18. The number of hydrogen-bond donors (Lipinski definition) is 2. The Morgan fingerprint density at radius 1 is 1.17 bits per heavy atom. The number of likely N-dealkylation sites (N-methyl/N-ethyl adjacent to an activating group) is 2. The lowest BCUT2D eigenvalue weighted by atomic mass is 10.2. The fourth-order valence-corrected chi connectivity index (χ4v) is 0.806. The van der Waals surface area contributed by atoms with Crippen LogP contribution in [0.25, 0.3) is 0 Å². The van der Waals surface area contributed by atoms with Gasteiger partial charge in [-0.2, -0.15) is 0 Å². The van der Waals surface area contributed by atoms with Crippen molar-refractivity contribution in [3.8, 4) is 0 Å². The van der Waals surface area contributed by atoms with Crippen LogP contribution < -0.4 is 10.6 Å². The van der Waals surface area contributed by atoms with Crippen LogP contribution in [0.3, 0.4) is 0 Å². The van der Waals surface area contributed by atoms with E-state index in [0.717, 1.165) is 0 Å². The molecule has 0 rings (SSSR count). The lowest BCUT2D eigenvalue weighted by Crippen LogP contribution is -2.22. The van der Waals surface area contributed by atoms with E-state index in [9.17, 15) is 4.79 Å². The summed E-state index contributed by atoms with van der Waals surface area (Å²) in [5.41, 5.74) is 1.17. The number of rotatable bonds is 4. The summed E-state index contributed by atoms with van der Waals surface area (Å²) >= 11 is 0. The van der Waals surface area contributed by atoms with Crippen molar-refractivity contribution in [1.29, 1.82) is 0 Å². The van der Waals surface area contributed by atoms with Gasteiger partial charge in [0.15, 0.2) is 0 Å². The molecular weight excluding hydrogens is 152 g/mol. The van der Waals surface area contributed by atoms with Crippen molar-refractivity contribution in [3.05, 3.63) is 36.6 Å². The molecule has 0 aromatic carbocycles. The number of allylic oxidation sites excluding steroid dienone is 1. The number of amides is 1. The molecule has 0 bridgehead atoms. The first-order chi connectivity index (χ1) is 5.71. The zero-order valence-electron chi connectivity index (χ0n) is 7.48. The van der Waals surface area contributed by atoms with Gasteiger partial charge in [0.05, 0.1) is 5.57 Å². The van der Waals surface area contributed by atoms with E-state index in [1.165, 1.54) is 6.08 Å². The Morgan fingerprint density at radius 2 is 1.75 bits per heavy atom. The van der Waals surface area contributed by atoms with E-state index < -0.39 is 0 Å². The van der Waals surface area contributed by atoms with E-state index in [1.54, 1.807) is 20.2 Å². The van der Waals surface area contributed by atoms with Crippen LogP contribution in [0.5, 0.6) is 0 Å². The molecule has 0 heterocycles. The highest BCUT2D eigenvalue weighted by Crippen LogP contribution is 2.03. The van der Waals surface area contributed by atoms with Gasteiger partial charge in [0.25, 0.3) is 5.91 Å². The lowest BCUT2D eigenvalue weighted by molar-refractivity contribution is -0.116. The van der Waals surface area contributed by atoms with Gasteiger partial charge in [0.1, 0.15) is 0 Å². The van der Waals surface area contributed by atoms with Crippen LogP contribution in [0.2, 0.25) is 0 Å². The van der Waals surface area contributed by atoms with Gasteiger partial charge < -0.3 is 10.6 Å². The summed E-state index contributed by atoms with van der Waals surface area (Å²) in [5.74, 6) is -0.172. The second-order valence-electron chi connectivity index (χ2n) is 2.06. The van der Waals surface area contributed by atoms with Crippen molar-refractivity contribution in [1.82, 2.24) is 10.6 Å². The predicted molar refractivity (Wildman–Crippen MR) is 50.5 cm³/mol. The minimum Gasteiger partial charge on any atom is -0.387 e. The first-order valence-corrected chi connectivity index (χ1v) is 3.60. The molecule has 0 fully saturated rings. The van der Waals surface area contributed by atoms with Crippen molar-refractivity contribution in [3.63, 3.8) is 0 Å². The third-order valence-electron chi connectivity index (χ3n) is 1.44. The van der Waals surface area contributed by atoms with Gasteiger partial charge in [-0.15, -0.1) is 0 Å². The molecule has 66 valence electrons. The molecule has 0 aliphatic heterocycles. The average Bonchev–Trinajstić information content (AvgIpc) is 2.12. The molecule has 0 aromatic rings. The van der Waals surface area contributed by atoms with Gasteiger partial charge in [0, 0.05) is 19.8 Å². The van der Waals surface area contributed by atoms with Crippen LogP contribution in [0.4, 0.5) is 0 Å². The fourth-order valence-electron chi connectivity index (χ4n) is 0.806. The molecule has 0 aliphatic rings. The summed E-state index contributed by atoms with van der Waals surface area (Å²) in [6.07, 6.45) is 3.07. The van der Waals surface area contributed by atoms with Gasteiger partial charge >= 0.3 is 0 Å². The molecule has 0 saturated carbocycles. The number of nitrogens with one attached hydrogen (secondary N) is 2. The standard InChI is InChI=1S/C9H14N2O/c1-5-7(9(12)11-4)8(6-2)10-3/h5-6,10H,1-2H2,3-4H3,(H,11,12)/b8-7-. The molecule has 0 saturated heterocycles. The van der Waals surface area contributed by atoms with Gasteiger partial charge in [-0.3, -0.25) is 4.79 Å². The lowest BCUT2D eigenvalue weighted by Gasteiger charge is -2.06. The Labute approximate surface area is 72.9 Å². The van der Waals surface area contributed by atoms with Gasteiger partial charge in [-0.1, -0.05) is 19.2 Å². The molecule has 0 aromatic heterocycles. The van der Waals surface area contributed by atoms with Gasteiger partial charge in [-0.25, -0.2) is 0 Å². The molecule has 0 spiro atoms. The zero-order chi connectivity index (χ0) is 9.56. The third kappa shape index (κ3) is 2.27. The van der Waals surface area contributed by atoms with Crippen LogP contribution >= 0.6 is 0 Å². The number of hydrogen-bond acceptors (Lipinski definition) is 2. The highest BCUT2D eigenvalue weighted by molar-refractivity contribution is 5.96. The van der Waals surface area contributed by atoms with E-state index in [2.05, 4.69) is 23.8 Å². The number of carbonyl (C=O) groups excluding carboxylic acids is 1. The molecule has 0 aliphatic carbocycles. The molecule has 12 heavy (non-hydrogen) atoms. The van der Waals surface area contributed by atoms with Gasteiger partial charge in [0.2, 0.25) is 0 Å². The highest BCUT2D eigenvalue weighted by Gasteiger charge is 2.06. The van der Waals surface area contributed by atoms with E-state index in [1.807, 2.05) is 0 Å². The Kier molecular flexibility index (Phi) is 4.53. The maximum absolute atomic E-state index is 11.2. The van der Waals surface area contributed by atoms with Crippen LogP contribution in [-0.4, -0.2) is 20.0 Å². The Balaban J connectivity index is 4.93. The first-order valence-electron chi connectivity index (χ1n) is 3.60.